The number of hydrogen-bond donors (Lipinski definition) is 0. The number of anilines is 1. The molecular formula is C20H26N8O3. The SMILES string of the molecule is COCc1noc(N2CCC(C3CC3CCOc3ccc(-n4cnnn4)cn3)CC2)n1. The van der Waals surface area contributed by atoms with Gasteiger partial charge >= 0.3 is 6.01 Å². The van der Waals surface area contributed by atoms with Crippen LogP contribution in [-0.4, -0.2) is 62.1 Å². The van der Waals surface area contributed by atoms with E-state index in [0.717, 1.165) is 43.0 Å². The lowest BCUT2D eigenvalue weighted by molar-refractivity contribution is 0.174. The number of pyridine rings is 1. The van der Waals surface area contributed by atoms with Gasteiger partial charge in [-0.1, -0.05) is 5.16 Å². The summed E-state index contributed by atoms with van der Waals surface area (Å²) in [6.07, 6.45) is 7.97. The molecule has 31 heavy (non-hydrogen) atoms. The van der Waals surface area contributed by atoms with E-state index in [-0.39, 0.29) is 0 Å². The predicted molar refractivity (Wildman–Crippen MR) is 109 cm³/mol. The minimum absolute atomic E-state index is 0.380. The van der Waals surface area contributed by atoms with Crippen LogP contribution in [0.4, 0.5) is 6.01 Å². The molecule has 1 aliphatic heterocycles. The lowest BCUT2D eigenvalue weighted by atomic mass is 9.91. The van der Waals surface area contributed by atoms with Crippen molar-refractivity contribution in [1.29, 1.82) is 0 Å². The van der Waals surface area contributed by atoms with E-state index in [1.807, 2.05) is 12.1 Å². The predicted octanol–water partition coefficient (Wildman–Crippen LogP) is 1.91. The summed E-state index contributed by atoms with van der Waals surface area (Å²) in [6.45, 7) is 3.01. The minimum atomic E-state index is 0.380. The van der Waals surface area contributed by atoms with Crippen molar-refractivity contribution < 1.29 is 14.0 Å². The highest BCUT2D eigenvalue weighted by Gasteiger charge is 2.43. The highest BCUT2D eigenvalue weighted by atomic mass is 16.5. The molecule has 0 bridgehead atoms. The Morgan fingerprint density at radius 2 is 2.13 bits per heavy atom. The van der Waals surface area contributed by atoms with Gasteiger partial charge in [0.05, 0.1) is 18.5 Å². The zero-order valence-corrected chi connectivity index (χ0v) is 17.5. The van der Waals surface area contributed by atoms with E-state index in [2.05, 4.69) is 35.5 Å². The molecule has 1 saturated heterocycles. The molecule has 0 aromatic carbocycles. The number of methoxy groups -OCH3 is 1. The molecule has 0 radical (unpaired) electrons. The van der Waals surface area contributed by atoms with Gasteiger partial charge in [0.2, 0.25) is 5.88 Å². The van der Waals surface area contributed by atoms with Gasteiger partial charge in [0, 0.05) is 26.3 Å². The molecule has 11 heteroatoms. The quantitative estimate of drug-likeness (QED) is 0.502. The van der Waals surface area contributed by atoms with Crippen molar-refractivity contribution in [1.82, 2.24) is 35.3 Å². The standard InChI is InChI=1S/C20H26N8O3/c1-29-12-18-23-20(31-24-18)27-7-4-14(5-8-27)17-10-15(17)6-9-30-19-3-2-16(11-21-19)28-13-22-25-26-28/h2-3,11,13-15,17H,4-10,12H2,1H3. The summed E-state index contributed by atoms with van der Waals surface area (Å²) in [5.74, 6) is 3.58. The van der Waals surface area contributed by atoms with Crippen LogP contribution in [0.2, 0.25) is 0 Å². The monoisotopic (exact) mass is 426 g/mol. The molecule has 3 aromatic heterocycles. The first-order chi connectivity index (χ1) is 15.3. The van der Waals surface area contributed by atoms with Gasteiger partial charge in [-0.25, -0.2) is 4.98 Å². The summed E-state index contributed by atoms with van der Waals surface area (Å²) in [5.41, 5.74) is 0.807. The number of ether oxygens (including phenoxy) is 2. The van der Waals surface area contributed by atoms with Gasteiger partial charge in [0.15, 0.2) is 5.82 Å². The maximum atomic E-state index is 5.84. The van der Waals surface area contributed by atoms with Crippen molar-refractivity contribution in [3.63, 3.8) is 0 Å². The topological polar surface area (TPSA) is 117 Å². The highest BCUT2D eigenvalue weighted by Crippen LogP contribution is 2.49. The average molecular weight is 426 g/mol. The van der Waals surface area contributed by atoms with Gasteiger partial charge in [-0.2, -0.15) is 9.67 Å². The third-order valence-corrected chi connectivity index (χ3v) is 6.20. The van der Waals surface area contributed by atoms with Crippen LogP contribution in [0.1, 0.15) is 31.5 Å². The first-order valence-electron chi connectivity index (χ1n) is 10.7. The third kappa shape index (κ3) is 4.66. The number of tetrazole rings is 1. The Morgan fingerprint density at radius 1 is 1.23 bits per heavy atom. The van der Waals surface area contributed by atoms with E-state index in [4.69, 9.17) is 14.0 Å². The second kappa shape index (κ2) is 8.96. The summed E-state index contributed by atoms with van der Waals surface area (Å²) < 4.78 is 17.8. The number of rotatable bonds is 9. The molecule has 2 aliphatic rings. The lowest BCUT2D eigenvalue weighted by Crippen LogP contribution is -2.34. The fraction of sp³-hybridized carbons (Fsp3) is 0.600. The number of nitrogens with zero attached hydrogens (tertiary/aromatic N) is 8. The zero-order valence-electron chi connectivity index (χ0n) is 17.5. The molecule has 1 saturated carbocycles. The summed E-state index contributed by atoms with van der Waals surface area (Å²) >= 11 is 0. The van der Waals surface area contributed by atoms with Gasteiger partial charge < -0.3 is 18.9 Å². The molecule has 0 N–H and O–H groups in total. The Morgan fingerprint density at radius 3 is 2.87 bits per heavy atom. The largest absolute Gasteiger partial charge is 0.478 e. The smallest absolute Gasteiger partial charge is 0.324 e. The third-order valence-electron chi connectivity index (χ3n) is 6.20. The van der Waals surface area contributed by atoms with Crippen LogP contribution in [-0.2, 0) is 11.3 Å². The Labute approximate surface area is 179 Å². The van der Waals surface area contributed by atoms with Crippen molar-refractivity contribution in [3.05, 3.63) is 30.5 Å². The van der Waals surface area contributed by atoms with Gasteiger partial charge in [0.1, 0.15) is 12.9 Å². The first-order valence-corrected chi connectivity index (χ1v) is 10.7. The normalized spacial score (nSPS) is 21.4. The highest BCUT2D eigenvalue weighted by molar-refractivity contribution is 5.29. The van der Waals surface area contributed by atoms with Crippen molar-refractivity contribution in [3.8, 4) is 11.6 Å². The Balaban J connectivity index is 1.02. The van der Waals surface area contributed by atoms with Crippen molar-refractivity contribution >= 4 is 6.01 Å². The Bertz CT molecular complexity index is 953. The van der Waals surface area contributed by atoms with E-state index < -0.39 is 0 Å². The van der Waals surface area contributed by atoms with E-state index in [1.165, 1.54) is 25.6 Å². The van der Waals surface area contributed by atoms with E-state index >= 15 is 0 Å². The van der Waals surface area contributed by atoms with E-state index in [1.54, 1.807) is 18.0 Å². The van der Waals surface area contributed by atoms with Crippen LogP contribution in [0, 0.1) is 17.8 Å². The minimum Gasteiger partial charge on any atom is -0.478 e. The molecule has 2 fully saturated rings. The second-order valence-corrected chi connectivity index (χ2v) is 8.16. The van der Waals surface area contributed by atoms with Crippen LogP contribution >= 0.6 is 0 Å². The molecule has 4 heterocycles. The maximum Gasteiger partial charge on any atom is 0.324 e. The molecule has 1 aliphatic carbocycles. The molecule has 2 atom stereocenters. The molecule has 3 aromatic rings. The van der Waals surface area contributed by atoms with E-state index in [0.29, 0.717) is 30.9 Å². The first kappa shape index (κ1) is 19.9. The van der Waals surface area contributed by atoms with Crippen molar-refractivity contribution in [2.24, 2.45) is 17.8 Å². The van der Waals surface area contributed by atoms with E-state index in [9.17, 15) is 0 Å². The molecule has 11 nitrogen and oxygen atoms in total. The number of piperidine rings is 1. The average Bonchev–Trinajstić information content (AvgIpc) is 3.18. The molecule has 0 spiro atoms. The van der Waals surface area contributed by atoms with Crippen molar-refractivity contribution in [2.45, 2.75) is 32.3 Å². The molecule has 2 unspecified atom stereocenters. The summed E-state index contributed by atoms with van der Waals surface area (Å²) in [5, 5.41) is 15.1. The maximum absolute atomic E-state index is 5.84. The fourth-order valence-electron chi connectivity index (χ4n) is 4.45. The molecular weight excluding hydrogens is 400 g/mol. The summed E-state index contributed by atoms with van der Waals surface area (Å²) in [4.78, 5) is 10.9. The van der Waals surface area contributed by atoms with Crippen LogP contribution < -0.4 is 9.64 Å². The van der Waals surface area contributed by atoms with Crippen LogP contribution in [0.25, 0.3) is 5.69 Å². The number of aromatic nitrogens is 7. The Kier molecular flexibility index (Phi) is 5.74. The second-order valence-electron chi connectivity index (χ2n) is 8.16. The lowest BCUT2D eigenvalue weighted by Gasteiger charge is -2.30. The molecule has 5 rings (SSSR count). The fourth-order valence-corrected chi connectivity index (χ4v) is 4.45. The molecule has 164 valence electrons. The summed E-state index contributed by atoms with van der Waals surface area (Å²) in [6, 6.07) is 4.37. The molecule has 0 amide bonds. The van der Waals surface area contributed by atoms with Crippen LogP contribution in [0.15, 0.2) is 29.2 Å². The van der Waals surface area contributed by atoms with Gasteiger partial charge in [-0.3, -0.25) is 0 Å². The van der Waals surface area contributed by atoms with Crippen LogP contribution in [0.3, 0.4) is 0 Å². The zero-order chi connectivity index (χ0) is 21.0. The summed E-state index contributed by atoms with van der Waals surface area (Å²) in [7, 11) is 1.63. The van der Waals surface area contributed by atoms with Crippen molar-refractivity contribution in [2.75, 3.05) is 31.7 Å². The number of hydrogen-bond acceptors (Lipinski definition) is 10. The Hall–Kier alpha value is -3.08. The van der Waals surface area contributed by atoms with Gasteiger partial charge in [-0.15, -0.1) is 5.10 Å². The van der Waals surface area contributed by atoms with Gasteiger partial charge in [-0.05, 0) is 59.9 Å². The van der Waals surface area contributed by atoms with Crippen LogP contribution in [0.5, 0.6) is 5.88 Å². The van der Waals surface area contributed by atoms with Gasteiger partial charge in [0.25, 0.3) is 0 Å².